The van der Waals surface area contributed by atoms with E-state index >= 15 is 0 Å². The molecule has 0 saturated heterocycles. The molecule has 16 heavy (non-hydrogen) atoms. The number of carboxylic acid groups (broad SMARTS) is 1. The van der Waals surface area contributed by atoms with Gasteiger partial charge in [0.2, 0.25) is 0 Å². The molecule has 0 aliphatic heterocycles. The molecular weight excluding hydrogens is 212 g/mol. The van der Waals surface area contributed by atoms with E-state index in [9.17, 15) is 9.59 Å². The molecule has 0 aromatic rings. The van der Waals surface area contributed by atoms with E-state index in [0.29, 0.717) is 6.61 Å². The smallest absolute Gasteiger partial charge is 0.335 e. The minimum absolute atomic E-state index is 0.0957. The molecule has 5 nitrogen and oxygen atoms in total. The van der Waals surface area contributed by atoms with E-state index in [1.54, 1.807) is 13.8 Å². The van der Waals surface area contributed by atoms with Crippen molar-refractivity contribution < 1.29 is 24.2 Å². The molecule has 0 rings (SSSR count). The molecule has 0 spiro atoms. The Balaban J connectivity index is 4.17. The van der Waals surface area contributed by atoms with Crippen molar-refractivity contribution in [3.8, 4) is 0 Å². The van der Waals surface area contributed by atoms with E-state index in [2.05, 4.69) is 0 Å². The van der Waals surface area contributed by atoms with Gasteiger partial charge in [0.25, 0.3) is 0 Å². The van der Waals surface area contributed by atoms with Crippen molar-refractivity contribution in [3.05, 3.63) is 0 Å². The first-order valence-corrected chi connectivity index (χ1v) is 5.51. The summed E-state index contributed by atoms with van der Waals surface area (Å²) in [5.41, 5.74) is 0. The number of carbonyl (C=O) groups is 2. The molecule has 0 saturated carbocycles. The SMILES string of the molecule is CCCOC(CCC(=O)O)C(=O)OC(C)C. The zero-order valence-electron chi connectivity index (χ0n) is 10.1. The van der Waals surface area contributed by atoms with Gasteiger partial charge in [0.1, 0.15) is 0 Å². The third kappa shape index (κ3) is 7.23. The number of rotatable bonds is 8. The summed E-state index contributed by atoms with van der Waals surface area (Å²) < 4.78 is 10.3. The van der Waals surface area contributed by atoms with Gasteiger partial charge in [-0.25, -0.2) is 4.79 Å². The highest BCUT2D eigenvalue weighted by molar-refractivity contribution is 5.76. The lowest BCUT2D eigenvalue weighted by Crippen LogP contribution is -2.29. The maximum atomic E-state index is 11.5. The summed E-state index contributed by atoms with van der Waals surface area (Å²) in [4.78, 5) is 21.9. The van der Waals surface area contributed by atoms with E-state index in [1.165, 1.54) is 0 Å². The molecule has 94 valence electrons. The highest BCUT2D eigenvalue weighted by Crippen LogP contribution is 2.07. The van der Waals surface area contributed by atoms with Crippen LogP contribution >= 0.6 is 0 Å². The van der Waals surface area contributed by atoms with Gasteiger partial charge in [-0.1, -0.05) is 6.92 Å². The monoisotopic (exact) mass is 232 g/mol. The second-order valence-corrected chi connectivity index (χ2v) is 3.78. The Morgan fingerprint density at radius 1 is 1.31 bits per heavy atom. The van der Waals surface area contributed by atoms with Gasteiger partial charge >= 0.3 is 11.9 Å². The maximum absolute atomic E-state index is 11.5. The third-order valence-electron chi connectivity index (χ3n) is 1.76. The molecule has 1 unspecified atom stereocenters. The Kier molecular flexibility index (Phi) is 7.54. The van der Waals surface area contributed by atoms with E-state index in [0.717, 1.165) is 6.42 Å². The van der Waals surface area contributed by atoms with E-state index < -0.39 is 18.0 Å². The van der Waals surface area contributed by atoms with E-state index in [4.69, 9.17) is 14.6 Å². The minimum atomic E-state index is -0.942. The summed E-state index contributed by atoms with van der Waals surface area (Å²) in [6, 6.07) is 0. The molecule has 0 aliphatic carbocycles. The van der Waals surface area contributed by atoms with Gasteiger partial charge in [0, 0.05) is 13.0 Å². The van der Waals surface area contributed by atoms with Crippen molar-refractivity contribution in [1.82, 2.24) is 0 Å². The summed E-state index contributed by atoms with van der Waals surface area (Å²) in [6.07, 6.45) is -0.149. The normalized spacial score (nSPS) is 12.5. The fourth-order valence-corrected chi connectivity index (χ4v) is 1.09. The topological polar surface area (TPSA) is 72.8 Å². The molecule has 0 fully saturated rings. The van der Waals surface area contributed by atoms with Crippen LogP contribution in [0, 0.1) is 0 Å². The van der Waals surface area contributed by atoms with Gasteiger partial charge < -0.3 is 14.6 Å². The summed E-state index contributed by atoms with van der Waals surface area (Å²) in [7, 11) is 0. The van der Waals surface area contributed by atoms with Gasteiger partial charge in [-0.05, 0) is 26.7 Å². The van der Waals surface area contributed by atoms with E-state index in [-0.39, 0.29) is 18.9 Å². The molecule has 0 amide bonds. The van der Waals surface area contributed by atoms with Crippen LogP contribution in [0.3, 0.4) is 0 Å². The number of hydrogen-bond donors (Lipinski definition) is 1. The second kappa shape index (κ2) is 8.10. The lowest BCUT2D eigenvalue weighted by Gasteiger charge is -2.17. The number of carboxylic acids is 1. The fourth-order valence-electron chi connectivity index (χ4n) is 1.09. The lowest BCUT2D eigenvalue weighted by molar-refractivity contribution is -0.162. The van der Waals surface area contributed by atoms with Crippen LogP contribution in [0.25, 0.3) is 0 Å². The largest absolute Gasteiger partial charge is 0.481 e. The summed E-state index contributed by atoms with van der Waals surface area (Å²) >= 11 is 0. The highest BCUT2D eigenvalue weighted by Gasteiger charge is 2.22. The summed E-state index contributed by atoms with van der Waals surface area (Å²) in [5, 5.41) is 8.54. The van der Waals surface area contributed by atoms with Crippen LogP contribution in [0.1, 0.15) is 40.0 Å². The second-order valence-electron chi connectivity index (χ2n) is 3.78. The van der Waals surface area contributed by atoms with E-state index in [1.807, 2.05) is 6.92 Å². The predicted octanol–water partition coefficient (Wildman–Crippen LogP) is 1.60. The predicted molar refractivity (Wildman–Crippen MR) is 58.1 cm³/mol. The molecule has 0 aromatic heterocycles. The van der Waals surface area contributed by atoms with Crippen molar-refractivity contribution in [2.45, 2.75) is 52.2 Å². The van der Waals surface area contributed by atoms with Gasteiger partial charge in [-0.3, -0.25) is 4.79 Å². The Hall–Kier alpha value is -1.10. The van der Waals surface area contributed by atoms with Crippen LogP contribution in [0.4, 0.5) is 0 Å². The summed E-state index contributed by atoms with van der Waals surface area (Å²) in [6.45, 7) is 5.83. The number of hydrogen-bond acceptors (Lipinski definition) is 4. The zero-order chi connectivity index (χ0) is 12.6. The third-order valence-corrected chi connectivity index (χ3v) is 1.76. The van der Waals surface area contributed by atoms with Crippen molar-refractivity contribution in [3.63, 3.8) is 0 Å². The molecule has 1 atom stereocenters. The number of esters is 1. The maximum Gasteiger partial charge on any atom is 0.335 e. The van der Waals surface area contributed by atoms with Crippen LogP contribution in [-0.2, 0) is 19.1 Å². The molecule has 0 heterocycles. The highest BCUT2D eigenvalue weighted by atomic mass is 16.6. The molecule has 5 heteroatoms. The molecule has 0 aliphatic rings. The Labute approximate surface area is 95.7 Å². The lowest BCUT2D eigenvalue weighted by atomic mass is 10.2. The van der Waals surface area contributed by atoms with Crippen molar-refractivity contribution in [1.29, 1.82) is 0 Å². The first-order chi connectivity index (χ1) is 7.47. The van der Waals surface area contributed by atoms with Gasteiger partial charge in [0.15, 0.2) is 6.10 Å². The molecule has 0 bridgehead atoms. The minimum Gasteiger partial charge on any atom is -0.481 e. The first kappa shape index (κ1) is 14.9. The molecule has 0 radical (unpaired) electrons. The number of ether oxygens (including phenoxy) is 2. The van der Waals surface area contributed by atoms with Crippen molar-refractivity contribution >= 4 is 11.9 Å². The standard InChI is InChI=1S/C11H20O5/c1-4-7-15-9(5-6-10(12)13)11(14)16-8(2)3/h8-9H,4-7H2,1-3H3,(H,12,13). The number of aliphatic carboxylic acids is 1. The average Bonchev–Trinajstić information content (AvgIpc) is 2.16. The zero-order valence-corrected chi connectivity index (χ0v) is 10.1. The quantitative estimate of drug-likeness (QED) is 0.643. The average molecular weight is 232 g/mol. The number of carbonyl (C=O) groups excluding carboxylic acids is 1. The molecule has 0 aromatic carbocycles. The van der Waals surface area contributed by atoms with Crippen LogP contribution in [-0.4, -0.2) is 35.9 Å². The van der Waals surface area contributed by atoms with Crippen LogP contribution < -0.4 is 0 Å². The fraction of sp³-hybridized carbons (Fsp3) is 0.818. The Morgan fingerprint density at radius 3 is 2.38 bits per heavy atom. The summed E-state index contributed by atoms with van der Waals surface area (Å²) in [5.74, 6) is -1.42. The molecular formula is C11H20O5. The van der Waals surface area contributed by atoms with Crippen LogP contribution in [0.15, 0.2) is 0 Å². The van der Waals surface area contributed by atoms with Gasteiger partial charge in [-0.15, -0.1) is 0 Å². The first-order valence-electron chi connectivity index (χ1n) is 5.51. The van der Waals surface area contributed by atoms with Crippen LogP contribution in [0.5, 0.6) is 0 Å². The van der Waals surface area contributed by atoms with Crippen molar-refractivity contribution in [2.24, 2.45) is 0 Å². The van der Waals surface area contributed by atoms with Gasteiger partial charge in [-0.2, -0.15) is 0 Å². The Bertz CT molecular complexity index is 224. The van der Waals surface area contributed by atoms with Gasteiger partial charge in [0.05, 0.1) is 6.10 Å². The Morgan fingerprint density at radius 2 is 1.94 bits per heavy atom. The van der Waals surface area contributed by atoms with Crippen LogP contribution in [0.2, 0.25) is 0 Å². The van der Waals surface area contributed by atoms with Crippen molar-refractivity contribution in [2.75, 3.05) is 6.61 Å². The molecule has 1 N–H and O–H groups in total.